The Labute approximate surface area is 119 Å². The van der Waals surface area contributed by atoms with Crippen LogP contribution in [0.15, 0.2) is 16.3 Å². The summed E-state index contributed by atoms with van der Waals surface area (Å²) < 4.78 is 27.4. The molecule has 0 saturated heterocycles. The van der Waals surface area contributed by atoms with Crippen molar-refractivity contribution in [1.82, 2.24) is 10.0 Å². The molecule has 0 atom stereocenters. The van der Waals surface area contributed by atoms with Crippen molar-refractivity contribution in [3.63, 3.8) is 0 Å². The first-order valence-electron chi connectivity index (χ1n) is 6.62. The SMILES string of the molecule is CC(C)(C)NS(=O)(=O)c1ccc(CCNC2CC2)s1. The molecular weight excluding hydrogens is 280 g/mol. The lowest BCUT2D eigenvalue weighted by Crippen LogP contribution is -2.40. The quantitative estimate of drug-likeness (QED) is 0.846. The number of thiophene rings is 1. The van der Waals surface area contributed by atoms with Crippen LogP contribution in [-0.4, -0.2) is 26.5 Å². The molecule has 0 bridgehead atoms. The second kappa shape index (κ2) is 5.52. The Hall–Kier alpha value is -0.430. The molecule has 0 aromatic carbocycles. The molecule has 6 heteroatoms. The minimum absolute atomic E-state index is 0.406. The molecule has 19 heavy (non-hydrogen) atoms. The van der Waals surface area contributed by atoms with E-state index in [-0.39, 0.29) is 0 Å². The van der Waals surface area contributed by atoms with Gasteiger partial charge in [0.1, 0.15) is 4.21 Å². The van der Waals surface area contributed by atoms with Gasteiger partial charge in [-0.05, 0) is 52.2 Å². The summed E-state index contributed by atoms with van der Waals surface area (Å²) in [5.41, 5.74) is -0.448. The first-order valence-corrected chi connectivity index (χ1v) is 8.92. The van der Waals surface area contributed by atoms with Crippen LogP contribution in [0.5, 0.6) is 0 Å². The van der Waals surface area contributed by atoms with Crippen LogP contribution < -0.4 is 10.0 Å². The molecule has 2 rings (SSSR count). The Morgan fingerprint density at radius 3 is 2.58 bits per heavy atom. The fourth-order valence-electron chi connectivity index (χ4n) is 1.78. The summed E-state index contributed by atoms with van der Waals surface area (Å²) in [7, 11) is -3.38. The smallest absolute Gasteiger partial charge is 0.250 e. The van der Waals surface area contributed by atoms with Crippen LogP contribution in [0.25, 0.3) is 0 Å². The van der Waals surface area contributed by atoms with Gasteiger partial charge in [0.05, 0.1) is 0 Å². The Morgan fingerprint density at radius 2 is 2.00 bits per heavy atom. The number of sulfonamides is 1. The average Bonchev–Trinajstić information content (AvgIpc) is 2.90. The summed E-state index contributed by atoms with van der Waals surface area (Å²) >= 11 is 1.36. The summed E-state index contributed by atoms with van der Waals surface area (Å²) in [5.74, 6) is 0. The van der Waals surface area contributed by atoms with Gasteiger partial charge in [-0.1, -0.05) is 0 Å². The van der Waals surface area contributed by atoms with Crippen LogP contribution in [0.1, 0.15) is 38.5 Å². The highest BCUT2D eigenvalue weighted by atomic mass is 32.2. The average molecular weight is 302 g/mol. The lowest BCUT2D eigenvalue weighted by atomic mass is 10.1. The molecule has 1 saturated carbocycles. The monoisotopic (exact) mass is 302 g/mol. The van der Waals surface area contributed by atoms with Gasteiger partial charge in [0.2, 0.25) is 0 Å². The van der Waals surface area contributed by atoms with E-state index in [0.717, 1.165) is 17.8 Å². The molecule has 1 fully saturated rings. The zero-order valence-corrected chi connectivity index (χ0v) is 13.3. The van der Waals surface area contributed by atoms with Crippen molar-refractivity contribution < 1.29 is 8.42 Å². The molecule has 0 spiro atoms. The zero-order chi connectivity index (χ0) is 14.1. The first-order chi connectivity index (χ1) is 8.76. The van der Waals surface area contributed by atoms with Crippen molar-refractivity contribution in [3.05, 3.63) is 17.0 Å². The van der Waals surface area contributed by atoms with E-state index in [9.17, 15) is 8.42 Å². The Bertz CT molecular complexity index is 525. The molecule has 1 heterocycles. The zero-order valence-electron chi connectivity index (χ0n) is 11.7. The predicted molar refractivity (Wildman–Crippen MR) is 79.1 cm³/mol. The number of rotatable bonds is 6. The minimum atomic E-state index is -3.38. The van der Waals surface area contributed by atoms with E-state index in [1.807, 2.05) is 26.8 Å². The lowest BCUT2D eigenvalue weighted by molar-refractivity contribution is 0.492. The molecule has 0 unspecified atom stereocenters. The van der Waals surface area contributed by atoms with Gasteiger partial charge in [0.15, 0.2) is 0 Å². The minimum Gasteiger partial charge on any atom is -0.314 e. The molecule has 1 aromatic rings. The van der Waals surface area contributed by atoms with Crippen LogP contribution in [0.2, 0.25) is 0 Å². The van der Waals surface area contributed by atoms with E-state index < -0.39 is 15.6 Å². The predicted octanol–water partition coefficient (Wildman–Crippen LogP) is 2.12. The van der Waals surface area contributed by atoms with E-state index in [4.69, 9.17) is 0 Å². The summed E-state index contributed by atoms with van der Waals surface area (Å²) in [6.45, 7) is 6.47. The molecular formula is C13H22N2O2S2. The normalized spacial score (nSPS) is 16.8. The maximum atomic E-state index is 12.1. The topological polar surface area (TPSA) is 58.2 Å². The van der Waals surface area contributed by atoms with Gasteiger partial charge >= 0.3 is 0 Å². The maximum absolute atomic E-state index is 12.1. The van der Waals surface area contributed by atoms with Crippen molar-refractivity contribution in [3.8, 4) is 0 Å². The Morgan fingerprint density at radius 1 is 1.32 bits per heavy atom. The van der Waals surface area contributed by atoms with E-state index in [1.54, 1.807) is 6.07 Å². The number of hydrogen-bond donors (Lipinski definition) is 2. The Balaban J connectivity index is 1.94. The molecule has 0 amide bonds. The molecule has 2 N–H and O–H groups in total. The van der Waals surface area contributed by atoms with Gasteiger partial charge in [0.25, 0.3) is 10.0 Å². The highest BCUT2D eigenvalue weighted by molar-refractivity contribution is 7.91. The summed E-state index contributed by atoms with van der Waals surface area (Å²) in [4.78, 5) is 1.11. The molecule has 4 nitrogen and oxygen atoms in total. The largest absolute Gasteiger partial charge is 0.314 e. The number of nitrogens with one attached hydrogen (secondary N) is 2. The summed E-state index contributed by atoms with van der Waals surface area (Å²) in [6.07, 6.45) is 3.45. The van der Waals surface area contributed by atoms with Gasteiger partial charge in [-0.3, -0.25) is 0 Å². The van der Waals surface area contributed by atoms with Crippen LogP contribution in [0, 0.1) is 0 Å². The highest BCUT2D eigenvalue weighted by Crippen LogP contribution is 2.24. The molecule has 0 radical (unpaired) electrons. The van der Waals surface area contributed by atoms with Crippen molar-refractivity contribution in [2.45, 2.75) is 55.8 Å². The van der Waals surface area contributed by atoms with Crippen LogP contribution in [0.4, 0.5) is 0 Å². The second-order valence-corrected chi connectivity index (χ2v) is 9.13. The van der Waals surface area contributed by atoms with Crippen molar-refractivity contribution in [1.29, 1.82) is 0 Å². The lowest BCUT2D eigenvalue weighted by Gasteiger charge is -2.19. The third-order valence-corrected chi connectivity index (χ3v) is 6.12. The van der Waals surface area contributed by atoms with Gasteiger partial charge in [-0.15, -0.1) is 11.3 Å². The fourth-order valence-corrected chi connectivity index (χ4v) is 4.55. The van der Waals surface area contributed by atoms with Gasteiger partial charge in [0, 0.05) is 23.0 Å². The molecule has 0 aliphatic heterocycles. The van der Waals surface area contributed by atoms with Crippen molar-refractivity contribution >= 4 is 21.4 Å². The Kier molecular flexibility index (Phi) is 4.35. The highest BCUT2D eigenvalue weighted by Gasteiger charge is 2.24. The van der Waals surface area contributed by atoms with Crippen molar-refractivity contribution in [2.75, 3.05) is 6.54 Å². The third kappa shape index (κ3) is 4.87. The standard InChI is InChI=1S/C13H22N2O2S2/c1-13(2,3)15-19(16,17)12-7-6-11(18-12)8-9-14-10-4-5-10/h6-7,10,14-15H,4-5,8-9H2,1-3H3. The third-order valence-electron chi connectivity index (χ3n) is 2.72. The molecule has 108 valence electrons. The molecule has 1 aliphatic carbocycles. The molecule has 1 aromatic heterocycles. The molecule has 1 aliphatic rings. The van der Waals surface area contributed by atoms with Gasteiger partial charge in [-0.2, -0.15) is 0 Å². The summed E-state index contributed by atoms with van der Waals surface area (Å²) in [5, 5.41) is 3.43. The summed E-state index contributed by atoms with van der Waals surface area (Å²) in [6, 6.07) is 4.31. The maximum Gasteiger partial charge on any atom is 0.250 e. The van der Waals surface area contributed by atoms with E-state index in [0.29, 0.717) is 10.3 Å². The van der Waals surface area contributed by atoms with Crippen LogP contribution in [-0.2, 0) is 16.4 Å². The van der Waals surface area contributed by atoms with E-state index >= 15 is 0 Å². The van der Waals surface area contributed by atoms with Gasteiger partial charge < -0.3 is 5.32 Å². The fraction of sp³-hybridized carbons (Fsp3) is 0.692. The number of hydrogen-bond acceptors (Lipinski definition) is 4. The van der Waals surface area contributed by atoms with Crippen LogP contribution >= 0.6 is 11.3 Å². The van der Waals surface area contributed by atoms with E-state index in [1.165, 1.54) is 24.2 Å². The van der Waals surface area contributed by atoms with E-state index in [2.05, 4.69) is 10.0 Å². The van der Waals surface area contributed by atoms with Gasteiger partial charge in [-0.25, -0.2) is 13.1 Å². The second-order valence-electron chi connectivity index (χ2n) is 6.05. The van der Waals surface area contributed by atoms with Crippen LogP contribution in [0.3, 0.4) is 0 Å². The first kappa shape index (κ1) is 15.0. The van der Waals surface area contributed by atoms with Crippen molar-refractivity contribution in [2.24, 2.45) is 0 Å².